The smallest absolute Gasteiger partial charge is 0.411 e. The highest BCUT2D eigenvalue weighted by Gasteiger charge is 2.27. The monoisotopic (exact) mass is 439 g/mol. The van der Waals surface area contributed by atoms with Crippen molar-refractivity contribution in [3.8, 4) is 17.2 Å². The summed E-state index contributed by atoms with van der Waals surface area (Å²) < 4.78 is 56.7. The molecule has 0 fully saturated rings. The Bertz CT molecular complexity index is 870. The molecule has 1 N–H and O–H groups in total. The summed E-state index contributed by atoms with van der Waals surface area (Å²) in [6.07, 6.45) is -1.36. The minimum atomic E-state index is -4.35. The third-order valence-corrected chi connectivity index (χ3v) is 4.14. The van der Waals surface area contributed by atoms with Gasteiger partial charge in [0, 0.05) is 12.6 Å². The van der Waals surface area contributed by atoms with Crippen molar-refractivity contribution in [1.29, 1.82) is 0 Å². The number of hydrogen-bond acceptors (Lipinski definition) is 5. The number of benzene rings is 2. The maximum absolute atomic E-state index is 12.1. The lowest BCUT2D eigenvalue weighted by Gasteiger charge is -2.12. The van der Waals surface area contributed by atoms with E-state index in [2.05, 4.69) is 10.1 Å². The average molecular weight is 439 g/mol. The Morgan fingerprint density at radius 3 is 2.06 bits per heavy atom. The minimum Gasteiger partial charge on any atom is -0.493 e. The van der Waals surface area contributed by atoms with Gasteiger partial charge in [-0.25, -0.2) is 0 Å². The van der Waals surface area contributed by atoms with Crippen molar-refractivity contribution in [3.63, 3.8) is 0 Å². The zero-order valence-electron chi connectivity index (χ0n) is 17.4. The first-order chi connectivity index (χ1) is 14.8. The van der Waals surface area contributed by atoms with E-state index in [-0.39, 0.29) is 19.1 Å². The quantitative estimate of drug-likeness (QED) is 0.564. The van der Waals surface area contributed by atoms with Gasteiger partial charge in [-0.15, -0.1) is 0 Å². The lowest BCUT2D eigenvalue weighted by atomic mass is 10.1. The van der Waals surface area contributed by atoms with Crippen LogP contribution in [0.15, 0.2) is 42.5 Å². The molecule has 0 saturated carbocycles. The Labute approximate surface area is 178 Å². The molecule has 0 radical (unpaired) electrons. The average Bonchev–Trinajstić information content (AvgIpc) is 2.75. The van der Waals surface area contributed by atoms with Crippen molar-refractivity contribution < 1.29 is 36.9 Å². The number of methoxy groups -OCH3 is 3. The normalized spacial score (nSPS) is 11.4. The molecule has 9 heteroatoms. The molecule has 0 atom stereocenters. The van der Waals surface area contributed by atoms with Gasteiger partial charge in [-0.1, -0.05) is 24.3 Å². The molecule has 0 unspecified atom stereocenters. The Morgan fingerprint density at radius 1 is 0.968 bits per heavy atom. The van der Waals surface area contributed by atoms with Crippen molar-refractivity contribution in [2.75, 3.05) is 27.9 Å². The number of halogens is 3. The first-order valence-electron chi connectivity index (χ1n) is 9.24. The van der Waals surface area contributed by atoms with E-state index in [9.17, 15) is 18.0 Å². The predicted octanol–water partition coefficient (Wildman–Crippen LogP) is 4.12. The second-order valence-electron chi connectivity index (χ2n) is 6.43. The third kappa shape index (κ3) is 7.86. The summed E-state index contributed by atoms with van der Waals surface area (Å²) in [5, 5.41) is 2.74. The topological polar surface area (TPSA) is 66.0 Å². The van der Waals surface area contributed by atoms with Gasteiger partial charge in [-0.05, 0) is 34.9 Å². The van der Waals surface area contributed by atoms with E-state index in [4.69, 9.17) is 14.2 Å². The number of carbonyl (C=O) groups excluding carboxylic acids is 1. The van der Waals surface area contributed by atoms with Gasteiger partial charge in [0.2, 0.25) is 11.7 Å². The maximum atomic E-state index is 12.1. The molecular formula is C22H24F3NO5. The van der Waals surface area contributed by atoms with Gasteiger partial charge in [-0.2, -0.15) is 13.2 Å². The Kier molecular flexibility index (Phi) is 8.75. The van der Waals surface area contributed by atoms with Crippen molar-refractivity contribution in [2.24, 2.45) is 0 Å². The molecule has 0 aliphatic carbocycles. The summed E-state index contributed by atoms with van der Waals surface area (Å²) >= 11 is 0. The summed E-state index contributed by atoms with van der Waals surface area (Å²) in [7, 11) is 4.52. The van der Waals surface area contributed by atoms with E-state index >= 15 is 0 Å². The summed E-state index contributed by atoms with van der Waals surface area (Å²) in [5.41, 5.74) is 2.10. The Balaban J connectivity index is 1.90. The molecule has 0 bridgehead atoms. The number of carbonyl (C=O) groups is 1. The van der Waals surface area contributed by atoms with Crippen LogP contribution in [0.3, 0.4) is 0 Å². The van der Waals surface area contributed by atoms with E-state index < -0.39 is 12.8 Å². The fourth-order valence-electron chi connectivity index (χ4n) is 2.66. The molecule has 168 valence electrons. The van der Waals surface area contributed by atoms with Gasteiger partial charge in [0.15, 0.2) is 11.5 Å². The SMILES string of the molecule is COc1cc(/C=C/C(=O)NCc2ccc(COCC(F)(F)F)cc2)cc(OC)c1OC. The van der Waals surface area contributed by atoms with Crippen molar-refractivity contribution in [1.82, 2.24) is 5.32 Å². The van der Waals surface area contributed by atoms with Crippen LogP contribution in [-0.2, 0) is 22.7 Å². The number of nitrogens with one attached hydrogen (secondary N) is 1. The highest BCUT2D eigenvalue weighted by Crippen LogP contribution is 2.38. The van der Waals surface area contributed by atoms with Crippen molar-refractivity contribution in [2.45, 2.75) is 19.3 Å². The summed E-state index contributed by atoms with van der Waals surface area (Å²) in [5.74, 6) is 1.09. The number of alkyl halides is 3. The van der Waals surface area contributed by atoms with Gasteiger partial charge in [0.05, 0.1) is 27.9 Å². The summed E-state index contributed by atoms with van der Waals surface area (Å²) in [6, 6.07) is 10.2. The van der Waals surface area contributed by atoms with E-state index in [0.29, 0.717) is 28.4 Å². The molecular weight excluding hydrogens is 415 g/mol. The van der Waals surface area contributed by atoms with Gasteiger partial charge in [0.25, 0.3) is 0 Å². The van der Waals surface area contributed by atoms with Gasteiger partial charge >= 0.3 is 6.18 Å². The molecule has 2 rings (SSSR count). The lowest BCUT2D eigenvalue weighted by Crippen LogP contribution is -2.20. The molecule has 0 heterocycles. The van der Waals surface area contributed by atoms with E-state index in [1.54, 1.807) is 42.5 Å². The van der Waals surface area contributed by atoms with Gasteiger partial charge in [-0.3, -0.25) is 4.79 Å². The van der Waals surface area contributed by atoms with Crippen molar-refractivity contribution >= 4 is 12.0 Å². The van der Waals surface area contributed by atoms with E-state index in [0.717, 1.165) is 5.56 Å². The van der Waals surface area contributed by atoms with Crippen LogP contribution in [0.4, 0.5) is 13.2 Å². The van der Waals surface area contributed by atoms with Crippen LogP contribution in [0.5, 0.6) is 17.2 Å². The maximum Gasteiger partial charge on any atom is 0.411 e. The second kappa shape index (κ2) is 11.3. The molecule has 0 aromatic heterocycles. The zero-order chi connectivity index (χ0) is 22.9. The second-order valence-corrected chi connectivity index (χ2v) is 6.43. The summed E-state index contributed by atoms with van der Waals surface area (Å²) in [6.45, 7) is -1.16. The lowest BCUT2D eigenvalue weighted by molar-refractivity contribution is -0.176. The van der Waals surface area contributed by atoms with Crippen LogP contribution in [0, 0.1) is 0 Å². The third-order valence-electron chi connectivity index (χ3n) is 4.14. The number of amides is 1. The molecule has 2 aromatic rings. The zero-order valence-corrected chi connectivity index (χ0v) is 17.4. The number of rotatable bonds is 10. The van der Waals surface area contributed by atoms with Gasteiger partial charge in [0.1, 0.15) is 6.61 Å². The molecule has 6 nitrogen and oxygen atoms in total. The van der Waals surface area contributed by atoms with Crippen LogP contribution in [0.1, 0.15) is 16.7 Å². The molecule has 31 heavy (non-hydrogen) atoms. The fourth-order valence-corrected chi connectivity index (χ4v) is 2.66. The fraction of sp³-hybridized carbons (Fsp3) is 0.318. The molecule has 0 aliphatic heterocycles. The molecule has 0 spiro atoms. The minimum absolute atomic E-state index is 0.135. The van der Waals surface area contributed by atoms with E-state index in [1.165, 1.54) is 27.4 Å². The van der Waals surface area contributed by atoms with Crippen LogP contribution in [0.25, 0.3) is 6.08 Å². The van der Waals surface area contributed by atoms with Gasteiger partial charge < -0.3 is 24.3 Å². The highest BCUT2D eigenvalue weighted by atomic mass is 19.4. The van der Waals surface area contributed by atoms with Crippen LogP contribution >= 0.6 is 0 Å². The summed E-state index contributed by atoms with van der Waals surface area (Å²) in [4.78, 5) is 12.1. The standard InChI is InChI=1S/C22H24F3NO5/c1-28-18-10-17(11-19(29-2)21(18)30-3)8-9-20(27)26-12-15-4-6-16(7-5-15)13-31-14-22(23,24)25/h4-11H,12-14H2,1-3H3,(H,26,27)/b9-8+. The predicted molar refractivity (Wildman–Crippen MR) is 109 cm³/mol. The van der Waals surface area contributed by atoms with Crippen LogP contribution < -0.4 is 19.5 Å². The molecule has 1 amide bonds. The van der Waals surface area contributed by atoms with E-state index in [1.807, 2.05) is 0 Å². The first-order valence-corrected chi connectivity index (χ1v) is 9.24. The van der Waals surface area contributed by atoms with Crippen LogP contribution in [-0.4, -0.2) is 40.0 Å². The molecule has 0 saturated heterocycles. The molecule has 2 aromatic carbocycles. The number of hydrogen-bond donors (Lipinski definition) is 1. The van der Waals surface area contributed by atoms with Crippen molar-refractivity contribution in [3.05, 3.63) is 59.2 Å². The Hall–Kier alpha value is -3.20. The Morgan fingerprint density at radius 2 is 1.55 bits per heavy atom. The number of ether oxygens (including phenoxy) is 4. The highest BCUT2D eigenvalue weighted by molar-refractivity contribution is 5.91. The molecule has 0 aliphatic rings. The first kappa shape index (κ1) is 24.1. The van der Waals surface area contributed by atoms with Crippen LogP contribution in [0.2, 0.25) is 0 Å². The largest absolute Gasteiger partial charge is 0.493 e.